The third-order valence-corrected chi connectivity index (χ3v) is 6.47. The molecule has 1 heterocycles. The second kappa shape index (κ2) is 4.84. The Labute approximate surface area is 127 Å². The van der Waals surface area contributed by atoms with Crippen molar-refractivity contribution in [1.29, 1.82) is 0 Å². The van der Waals surface area contributed by atoms with Gasteiger partial charge in [0.1, 0.15) is 0 Å². The Morgan fingerprint density at radius 3 is 2.71 bits per heavy atom. The lowest BCUT2D eigenvalue weighted by atomic mass is 9.44. The van der Waals surface area contributed by atoms with Gasteiger partial charge in [0.05, 0.1) is 5.41 Å². The van der Waals surface area contributed by atoms with Gasteiger partial charge in [0.25, 0.3) is 0 Å². The Kier molecular flexibility index (Phi) is 3.18. The minimum absolute atomic E-state index is 0.0215. The molecule has 1 aliphatic heterocycles. The maximum atomic E-state index is 12.9. The Bertz CT molecular complexity index is 468. The predicted molar refractivity (Wildman–Crippen MR) is 83.8 cm³/mol. The van der Waals surface area contributed by atoms with Gasteiger partial charge in [-0.1, -0.05) is 18.6 Å². The zero-order chi connectivity index (χ0) is 14.5. The van der Waals surface area contributed by atoms with Gasteiger partial charge in [-0.3, -0.25) is 4.79 Å². The Hall–Kier alpha value is -0.830. The van der Waals surface area contributed by atoms with Crippen molar-refractivity contribution in [3.63, 3.8) is 0 Å². The highest BCUT2D eigenvalue weighted by atomic mass is 16.2. The van der Waals surface area contributed by atoms with Crippen LogP contribution in [0.2, 0.25) is 0 Å². The fourth-order valence-corrected chi connectivity index (χ4v) is 6.20. The molecule has 21 heavy (non-hydrogen) atoms. The first-order chi connectivity index (χ1) is 10.1. The van der Waals surface area contributed by atoms with Crippen molar-refractivity contribution < 1.29 is 4.79 Å². The van der Waals surface area contributed by atoms with Crippen LogP contribution in [0.3, 0.4) is 0 Å². The molecule has 4 fully saturated rings. The van der Waals surface area contributed by atoms with E-state index in [4.69, 9.17) is 0 Å². The maximum Gasteiger partial charge on any atom is 0.226 e. The van der Waals surface area contributed by atoms with E-state index in [0.717, 1.165) is 57.2 Å². The molecule has 4 saturated carbocycles. The molecule has 4 bridgehead atoms. The summed E-state index contributed by atoms with van der Waals surface area (Å²) in [6.45, 7) is 5.21. The van der Waals surface area contributed by atoms with Gasteiger partial charge >= 0.3 is 0 Å². The van der Waals surface area contributed by atoms with Gasteiger partial charge in [0.2, 0.25) is 5.91 Å². The standard InChI is InChI=1S/C18H28N2O/c1-17-7-14-6-15(8-17)10-18(9-14,12-17)16(21)20-11-13-2-4-19-5-3-13/h2,14-15,19H,3-12H2,1H3,(H,20,21). The zero-order valence-electron chi connectivity index (χ0n) is 13.2. The third kappa shape index (κ3) is 2.44. The van der Waals surface area contributed by atoms with Crippen molar-refractivity contribution in [3.05, 3.63) is 11.6 Å². The summed E-state index contributed by atoms with van der Waals surface area (Å²) in [5, 5.41) is 6.62. The molecular formula is C18H28N2O. The molecule has 0 aromatic carbocycles. The van der Waals surface area contributed by atoms with E-state index in [-0.39, 0.29) is 5.41 Å². The van der Waals surface area contributed by atoms with E-state index >= 15 is 0 Å². The van der Waals surface area contributed by atoms with Crippen LogP contribution in [0.5, 0.6) is 0 Å². The molecule has 4 aliphatic carbocycles. The van der Waals surface area contributed by atoms with Crippen LogP contribution in [-0.2, 0) is 4.79 Å². The van der Waals surface area contributed by atoms with E-state index in [0.29, 0.717) is 11.3 Å². The number of hydrogen-bond donors (Lipinski definition) is 2. The lowest BCUT2D eigenvalue weighted by Gasteiger charge is -2.60. The molecule has 116 valence electrons. The van der Waals surface area contributed by atoms with Gasteiger partial charge < -0.3 is 10.6 Å². The summed E-state index contributed by atoms with van der Waals surface area (Å²) in [5.74, 6) is 2.00. The number of amides is 1. The molecule has 0 radical (unpaired) electrons. The fraction of sp³-hybridized carbons (Fsp3) is 0.833. The van der Waals surface area contributed by atoms with Crippen molar-refractivity contribution >= 4 is 5.91 Å². The normalized spacial score (nSPS) is 44.5. The van der Waals surface area contributed by atoms with E-state index in [1.165, 1.54) is 24.8 Å². The molecule has 3 heteroatoms. The molecule has 1 amide bonds. The molecule has 5 aliphatic rings. The molecule has 0 aromatic rings. The van der Waals surface area contributed by atoms with Crippen LogP contribution in [-0.4, -0.2) is 25.5 Å². The molecule has 2 unspecified atom stereocenters. The number of carbonyl (C=O) groups excluding carboxylic acids is 1. The fourth-order valence-electron chi connectivity index (χ4n) is 6.20. The first-order valence-electron chi connectivity index (χ1n) is 8.74. The van der Waals surface area contributed by atoms with Gasteiger partial charge in [-0.15, -0.1) is 0 Å². The summed E-state index contributed by atoms with van der Waals surface area (Å²) in [6, 6.07) is 0. The number of nitrogens with one attached hydrogen (secondary N) is 2. The van der Waals surface area contributed by atoms with Crippen molar-refractivity contribution in [1.82, 2.24) is 10.6 Å². The number of hydrogen-bond acceptors (Lipinski definition) is 2. The van der Waals surface area contributed by atoms with E-state index < -0.39 is 0 Å². The highest BCUT2D eigenvalue weighted by Gasteiger charge is 2.58. The van der Waals surface area contributed by atoms with Crippen LogP contribution in [0.1, 0.15) is 51.9 Å². The summed E-state index contributed by atoms with van der Waals surface area (Å²) in [7, 11) is 0. The van der Waals surface area contributed by atoms with Crippen LogP contribution in [0.4, 0.5) is 0 Å². The summed E-state index contributed by atoms with van der Waals surface area (Å²) in [5.41, 5.74) is 1.83. The highest BCUT2D eigenvalue weighted by molar-refractivity contribution is 5.83. The molecule has 0 saturated heterocycles. The molecule has 0 aromatic heterocycles. The summed E-state index contributed by atoms with van der Waals surface area (Å²) in [6.07, 6.45) is 10.9. The lowest BCUT2D eigenvalue weighted by molar-refractivity contribution is -0.155. The summed E-state index contributed by atoms with van der Waals surface area (Å²) >= 11 is 0. The van der Waals surface area contributed by atoms with E-state index in [2.05, 4.69) is 23.6 Å². The second-order valence-electron chi connectivity index (χ2n) is 8.55. The Morgan fingerprint density at radius 1 is 1.33 bits per heavy atom. The largest absolute Gasteiger partial charge is 0.352 e. The molecule has 0 spiro atoms. The van der Waals surface area contributed by atoms with Gasteiger partial charge in [-0.05, 0) is 68.7 Å². The van der Waals surface area contributed by atoms with E-state index in [9.17, 15) is 4.79 Å². The third-order valence-electron chi connectivity index (χ3n) is 6.47. The van der Waals surface area contributed by atoms with Gasteiger partial charge in [-0.25, -0.2) is 0 Å². The first-order valence-corrected chi connectivity index (χ1v) is 8.74. The molecular weight excluding hydrogens is 260 g/mol. The Morgan fingerprint density at radius 2 is 2.10 bits per heavy atom. The Balaban J connectivity index is 1.45. The van der Waals surface area contributed by atoms with Crippen LogP contribution >= 0.6 is 0 Å². The first kappa shape index (κ1) is 13.8. The zero-order valence-corrected chi connectivity index (χ0v) is 13.2. The average Bonchev–Trinajstić information content (AvgIpc) is 2.43. The van der Waals surface area contributed by atoms with Crippen molar-refractivity contribution in [2.45, 2.75) is 51.9 Å². The minimum Gasteiger partial charge on any atom is -0.352 e. The molecule has 2 N–H and O–H groups in total. The highest BCUT2D eigenvalue weighted by Crippen LogP contribution is 2.65. The number of carbonyl (C=O) groups is 1. The van der Waals surface area contributed by atoms with Crippen LogP contribution in [0.25, 0.3) is 0 Å². The topological polar surface area (TPSA) is 41.1 Å². The van der Waals surface area contributed by atoms with Crippen LogP contribution in [0.15, 0.2) is 11.6 Å². The van der Waals surface area contributed by atoms with E-state index in [1.807, 2.05) is 0 Å². The average molecular weight is 288 g/mol. The molecule has 3 nitrogen and oxygen atoms in total. The monoisotopic (exact) mass is 288 g/mol. The smallest absolute Gasteiger partial charge is 0.226 e. The van der Waals surface area contributed by atoms with Gasteiger partial charge in [-0.2, -0.15) is 0 Å². The lowest BCUT2D eigenvalue weighted by Crippen LogP contribution is -2.57. The van der Waals surface area contributed by atoms with Gasteiger partial charge in [0.15, 0.2) is 0 Å². The van der Waals surface area contributed by atoms with Crippen molar-refractivity contribution in [2.24, 2.45) is 22.7 Å². The SMILES string of the molecule is CC12CC3CC(C1)CC(C(=O)NCC1=CCNCC1)(C3)C2. The number of rotatable bonds is 3. The van der Waals surface area contributed by atoms with Crippen molar-refractivity contribution in [2.75, 3.05) is 19.6 Å². The molecule has 5 rings (SSSR count). The summed E-state index contributed by atoms with van der Waals surface area (Å²) in [4.78, 5) is 12.9. The molecule has 2 atom stereocenters. The summed E-state index contributed by atoms with van der Waals surface area (Å²) < 4.78 is 0. The predicted octanol–water partition coefficient (Wildman–Crippen LogP) is 2.63. The van der Waals surface area contributed by atoms with E-state index in [1.54, 1.807) is 0 Å². The van der Waals surface area contributed by atoms with Gasteiger partial charge in [0, 0.05) is 13.1 Å². The van der Waals surface area contributed by atoms with Crippen LogP contribution < -0.4 is 10.6 Å². The van der Waals surface area contributed by atoms with Crippen LogP contribution in [0, 0.1) is 22.7 Å². The minimum atomic E-state index is -0.0215. The quantitative estimate of drug-likeness (QED) is 0.784. The second-order valence-corrected chi connectivity index (χ2v) is 8.55. The maximum absolute atomic E-state index is 12.9. The van der Waals surface area contributed by atoms with Crippen molar-refractivity contribution in [3.8, 4) is 0 Å².